The Balaban J connectivity index is 1.91. The standard InChI is InChI=1S/C13H17IO2/c14-8-7-10-1-6-13(16-9-10)11-2-4-12(15)5-3-11/h2-5,10,13,15H,1,6-9H2. The Kier molecular flexibility index (Phi) is 4.46. The molecule has 1 aliphatic heterocycles. The molecule has 88 valence electrons. The van der Waals surface area contributed by atoms with Gasteiger partial charge < -0.3 is 9.84 Å². The van der Waals surface area contributed by atoms with Crippen LogP contribution in [0.5, 0.6) is 5.75 Å². The van der Waals surface area contributed by atoms with Crippen LogP contribution in [0.4, 0.5) is 0 Å². The fourth-order valence-electron chi connectivity index (χ4n) is 2.14. The molecule has 0 bridgehead atoms. The summed E-state index contributed by atoms with van der Waals surface area (Å²) in [5.74, 6) is 1.06. The van der Waals surface area contributed by atoms with Crippen LogP contribution in [0, 0.1) is 5.92 Å². The van der Waals surface area contributed by atoms with Gasteiger partial charge in [0.05, 0.1) is 12.7 Å². The minimum atomic E-state index is 0.228. The van der Waals surface area contributed by atoms with E-state index in [4.69, 9.17) is 4.74 Å². The molecule has 3 heteroatoms. The maximum absolute atomic E-state index is 9.23. The summed E-state index contributed by atoms with van der Waals surface area (Å²) < 4.78 is 7.10. The largest absolute Gasteiger partial charge is 0.508 e. The van der Waals surface area contributed by atoms with Gasteiger partial charge >= 0.3 is 0 Å². The van der Waals surface area contributed by atoms with Crippen LogP contribution in [-0.2, 0) is 4.74 Å². The third-order valence-corrected chi connectivity index (χ3v) is 3.78. The molecular weight excluding hydrogens is 315 g/mol. The second kappa shape index (κ2) is 5.87. The van der Waals surface area contributed by atoms with E-state index in [-0.39, 0.29) is 6.10 Å². The number of alkyl halides is 1. The summed E-state index contributed by atoms with van der Waals surface area (Å²) in [6, 6.07) is 7.38. The zero-order chi connectivity index (χ0) is 11.4. The highest BCUT2D eigenvalue weighted by atomic mass is 127. The van der Waals surface area contributed by atoms with Gasteiger partial charge in [-0.05, 0) is 47.3 Å². The lowest BCUT2D eigenvalue weighted by atomic mass is 9.93. The number of ether oxygens (including phenoxy) is 1. The van der Waals surface area contributed by atoms with E-state index in [2.05, 4.69) is 22.6 Å². The lowest BCUT2D eigenvalue weighted by Gasteiger charge is -2.29. The maximum Gasteiger partial charge on any atom is 0.115 e. The van der Waals surface area contributed by atoms with Crippen LogP contribution in [0.2, 0.25) is 0 Å². The minimum Gasteiger partial charge on any atom is -0.508 e. The SMILES string of the molecule is Oc1ccc(C2CCC(CCI)CO2)cc1. The molecule has 1 saturated heterocycles. The van der Waals surface area contributed by atoms with Crippen molar-refractivity contribution in [1.82, 2.24) is 0 Å². The summed E-state index contributed by atoms with van der Waals surface area (Å²) >= 11 is 2.43. The van der Waals surface area contributed by atoms with Crippen LogP contribution in [0.15, 0.2) is 24.3 Å². The molecule has 0 spiro atoms. The van der Waals surface area contributed by atoms with Crippen molar-refractivity contribution in [2.45, 2.75) is 25.4 Å². The molecule has 2 unspecified atom stereocenters. The molecule has 1 aromatic rings. The fourth-order valence-corrected chi connectivity index (χ4v) is 3.02. The Morgan fingerprint density at radius 2 is 2.00 bits per heavy atom. The number of rotatable bonds is 3. The molecule has 1 heterocycles. The lowest BCUT2D eigenvalue weighted by molar-refractivity contribution is -0.0176. The molecule has 0 saturated carbocycles. The summed E-state index contributed by atoms with van der Waals surface area (Å²) in [7, 11) is 0. The molecular formula is C13H17IO2. The highest BCUT2D eigenvalue weighted by molar-refractivity contribution is 14.1. The fraction of sp³-hybridized carbons (Fsp3) is 0.538. The third-order valence-electron chi connectivity index (χ3n) is 3.15. The van der Waals surface area contributed by atoms with Crippen molar-refractivity contribution in [3.63, 3.8) is 0 Å². The lowest BCUT2D eigenvalue weighted by Crippen LogP contribution is -2.20. The zero-order valence-electron chi connectivity index (χ0n) is 9.23. The van der Waals surface area contributed by atoms with Crippen molar-refractivity contribution in [2.24, 2.45) is 5.92 Å². The Hall–Kier alpha value is -0.290. The van der Waals surface area contributed by atoms with Gasteiger partial charge in [0.25, 0.3) is 0 Å². The Labute approximate surface area is 110 Å². The van der Waals surface area contributed by atoms with Crippen molar-refractivity contribution in [3.8, 4) is 5.75 Å². The van der Waals surface area contributed by atoms with Crippen LogP contribution in [0.3, 0.4) is 0 Å². The number of aromatic hydroxyl groups is 1. The van der Waals surface area contributed by atoms with E-state index >= 15 is 0 Å². The average Bonchev–Trinajstić information content (AvgIpc) is 2.32. The predicted molar refractivity (Wildman–Crippen MR) is 73.0 cm³/mol. The monoisotopic (exact) mass is 332 g/mol. The molecule has 0 aliphatic carbocycles. The maximum atomic E-state index is 9.23. The molecule has 1 aromatic carbocycles. The summed E-state index contributed by atoms with van der Waals surface area (Å²) in [5.41, 5.74) is 1.19. The number of phenols is 1. The number of benzene rings is 1. The first-order valence-electron chi connectivity index (χ1n) is 5.76. The van der Waals surface area contributed by atoms with Gasteiger partial charge in [-0.1, -0.05) is 34.7 Å². The molecule has 1 aliphatic rings. The molecule has 0 radical (unpaired) electrons. The molecule has 2 atom stereocenters. The van der Waals surface area contributed by atoms with E-state index in [0.717, 1.165) is 18.9 Å². The average molecular weight is 332 g/mol. The highest BCUT2D eigenvalue weighted by Gasteiger charge is 2.22. The highest BCUT2D eigenvalue weighted by Crippen LogP contribution is 2.32. The Morgan fingerprint density at radius 3 is 2.56 bits per heavy atom. The molecule has 0 amide bonds. The zero-order valence-corrected chi connectivity index (χ0v) is 11.4. The quantitative estimate of drug-likeness (QED) is 0.676. The van der Waals surface area contributed by atoms with Crippen LogP contribution in [0.25, 0.3) is 0 Å². The van der Waals surface area contributed by atoms with Crippen molar-refractivity contribution >= 4 is 22.6 Å². The van der Waals surface area contributed by atoms with Crippen LogP contribution >= 0.6 is 22.6 Å². The number of phenolic OH excluding ortho intramolecular Hbond substituents is 1. The smallest absolute Gasteiger partial charge is 0.115 e. The van der Waals surface area contributed by atoms with Crippen molar-refractivity contribution in [1.29, 1.82) is 0 Å². The van der Waals surface area contributed by atoms with E-state index in [9.17, 15) is 5.11 Å². The molecule has 2 nitrogen and oxygen atoms in total. The first-order chi connectivity index (χ1) is 7.79. The summed E-state index contributed by atoms with van der Waals surface area (Å²) in [4.78, 5) is 0. The van der Waals surface area contributed by atoms with Crippen LogP contribution < -0.4 is 0 Å². The van der Waals surface area contributed by atoms with Gasteiger partial charge in [0.15, 0.2) is 0 Å². The normalized spacial score (nSPS) is 25.6. The number of hydrogen-bond acceptors (Lipinski definition) is 2. The summed E-state index contributed by atoms with van der Waals surface area (Å²) in [6.07, 6.45) is 3.86. The number of hydrogen-bond donors (Lipinski definition) is 1. The Bertz CT molecular complexity index is 315. The summed E-state index contributed by atoms with van der Waals surface area (Å²) in [6.45, 7) is 0.883. The van der Waals surface area contributed by atoms with Crippen LogP contribution in [-0.4, -0.2) is 16.1 Å². The van der Waals surface area contributed by atoms with Gasteiger partial charge in [-0.2, -0.15) is 0 Å². The van der Waals surface area contributed by atoms with E-state index in [1.807, 2.05) is 12.1 Å². The minimum absolute atomic E-state index is 0.228. The first-order valence-corrected chi connectivity index (χ1v) is 7.28. The van der Waals surface area contributed by atoms with Gasteiger partial charge in [-0.3, -0.25) is 0 Å². The van der Waals surface area contributed by atoms with Crippen molar-refractivity contribution in [3.05, 3.63) is 29.8 Å². The molecule has 1 fully saturated rings. The van der Waals surface area contributed by atoms with Gasteiger partial charge in [-0.15, -0.1) is 0 Å². The van der Waals surface area contributed by atoms with Gasteiger partial charge in [-0.25, -0.2) is 0 Å². The van der Waals surface area contributed by atoms with Gasteiger partial charge in [0.1, 0.15) is 5.75 Å². The van der Waals surface area contributed by atoms with Gasteiger partial charge in [0.2, 0.25) is 0 Å². The first kappa shape index (κ1) is 12.2. The second-order valence-corrected chi connectivity index (χ2v) is 5.41. The van der Waals surface area contributed by atoms with E-state index in [1.54, 1.807) is 12.1 Å². The van der Waals surface area contributed by atoms with Gasteiger partial charge in [0, 0.05) is 0 Å². The number of halogens is 1. The predicted octanol–water partition coefficient (Wildman–Crippen LogP) is 3.69. The van der Waals surface area contributed by atoms with E-state index in [0.29, 0.717) is 5.75 Å². The van der Waals surface area contributed by atoms with Crippen LogP contribution in [0.1, 0.15) is 30.9 Å². The topological polar surface area (TPSA) is 29.5 Å². The van der Waals surface area contributed by atoms with E-state index in [1.165, 1.54) is 22.8 Å². The van der Waals surface area contributed by atoms with Crippen molar-refractivity contribution in [2.75, 3.05) is 11.0 Å². The second-order valence-electron chi connectivity index (χ2n) is 4.33. The van der Waals surface area contributed by atoms with Crippen molar-refractivity contribution < 1.29 is 9.84 Å². The summed E-state index contributed by atoms with van der Waals surface area (Å²) in [5, 5.41) is 9.23. The molecule has 1 N–H and O–H groups in total. The van der Waals surface area contributed by atoms with E-state index < -0.39 is 0 Å². The Morgan fingerprint density at radius 1 is 1.25 bits per heavy atom. The molecule has 16 heavy (non-hydrogen) atoms. The third kappa shape index (κ3) is 3.10. The molecule has 0 aromatic heterocycles. The molecule has 2 rings (SSSR count).